The number of hydrogen-bond donors (Lipinski definition) is 0. The van der Waals surface area contributed by atoms with Gasteiger partial charge in [0.25, 0.3) is 0 Å². The molecule has 2 aliphatic rings. The SMILES string of the molecule is Clc1nc(N2CCOCC2)nc(N2CCSC2)n1. The normalized spacial score (nSPS) is 20.5. The summed E-state index contributed by atoms with van der Waals surface area (Å²) < 4.78 is 5.32. The van der Waals surface area contributed by atoms with Crippen LogP contribution in [-0.2, 0) is 4.74 Å². The molecule has 98 valence electrons. The summed E-state index contributed by atoms with van der Waals surface area (Å²) in [5.74, 6) is 3.37. The van der Waals surface area contributed by atoms with Crippen LogP contribution in [0.3, 0.4) is 0 Å². The molecule has 1 aromatic rings. The van der Waals surface area contributed by atoms with Gasteiger partial charge in [-0.3, -0.25) is 0 Å². The van der Waals surface area contributed by atoms with E-state index in [-0.39, 0.29) is 5.28 Å². The van der Waals surface area contributed by atoms with Crippen LogP contribution in [0.4, 0.5) is 11.9 Å². The first kappa shape index (κ1) is 12.3. The Morgan fingerprint density at radius 3 is 2.39 bits per heavy atom. The standard InChI is InChI=1S/C10H14ClN5OS/c11-8-12-9(15-1-4-17-5-2-15)14-10(13-8)16-3-6-18-7-16/h1-7H2. The zero-order valence-corrected chi connectivity index (χ0v) is 11.5. The number of thioether (sulfide) groups is 1. The van der Waals surface area contributed by atoms with Gasteiger partial charge in [-0.15, -0.1) is 11.8 Å². The van der Waals surface area contributed by atoms with Crippen molar-refractivity contribution in [2.45, 2.75) is 0 Å². The monoisotopic (exact) mass is 287 g/mol. The Hall–Kier alpha value is -0.790. The number of aromatic nitrogens is 3. The Morgan fingerprint density at radius 1 is 1.00 bits per heavy atom. The Bertz CT molecular complexity index is 423. The van der Waals surface area contributed by atoms with E-state index in [1.807, 2.05) is 11.8 Å². The van der Waals surface area contributed by atoms with E-state index in [4.69, 9.17) is 16.3 Å². The van der Waals surface area contributed by atoms with Crippen molar-refractivity contribution in [2.75, 3.05) is 54.3 Å². The Morgan fingerprint density at radius 2 is 1.72 bits per heavy atom. The molecule has 0 aromatic carbocycles. The average molecular weight is 288 g/mol. The van der Waals surface area contributed by atoms with Crippen LogP contribution in [0, 0.1) is 0 Å². The van der Waals surface area contributed by atoms with E-state index in [1.165, 1.54) is 0 Å². The highest BCUT2D eigenvalue weighted by Crippen LogP contribution is 2.22. The summed E-state index contributed by atoms with van der Waals surface area (Å²) >= 11 is 7.87. The van der Waals surface area contributed by atoms with E-state index in [2.05, 4.69) is 24.8 Å². The van der Waals surface area contributed by atoms with Crippen LogP contribution in [0.2, 0.25) is 5.28 Å². The minimum Gasteiger partial charge on any atom is -0.378 e. The minimum atomic E-state index is 0.262. The molecule has 0 bridgehead atoms. The molecule has 8 heteroatoms. The third-order valence-corrected chi connectivity index (χ3v) is 4.05. The molecule has 3 rings (SSSR count). The smallest absolute Gasteiger partial charge is 0.232 e. The van der Waals surface area contributed by atoms with Crippen molar-refractivity contribution in [3.8, 4) is 0 Å². The molecule has 2 aliphatic heterocycles. The maximum atomic E-state index is 5.99. The lowest BCUT2D eigenvalue weighted by molar-refractivity contribution is 0.122. The number of rotatable bonds is 2. The fourth-order valence-electron chi connectivity index (χ4n) is 1.95. The highest BCUT2D eigenvalue weighted by molar-refractivity contribution is 7.99. The predicted molar refractivity (Wildman–Crippen MR) is 72.5 cm³/mol. The van der Waals surface area contributed by atoms with Crippen molar-refractivity contribution < 1.29 is 4.74 Å². The number of nitrogens with zero attached hydrogens (tertiary/aromatic N) is 5. The van der Waals surface area contributed by atoms with Gasteiger partial charge in [-0.1, -0.05) is 0 Å². The minimum absolute atomic E-state index is 0.262. The molecular weight excluding hydrogens is 274 g/mol. The van der Waals surface area contributed by atoms with Crippen molar-refractivity contribution in [1.29, 1.82) is 0 Å². The molecule has 0 atom stereocenters. The van der Waals surface area contributed by atoms with Crippen molar-refractivity contribution in [1.82, 2.24) is 15.0 Å². The zero-order valence-electron chi connectivity index (χ0n) is 9.88. The second kappa shape index (κ2) is 5.46. The van der Waals surface area contributed by atoms with Crippen LogP contribution in [0.25, 0.3) is 0 Å². The van der Waals surface area contributed by atoms with Crippen molar-refractivity contribution in [2.24, 2.45) is 0 Å². The summed E-state index contributed by atoms with van der Waals surface area (Å²) in [5.41, 5.74) is 0. The molecule has 6 nitrogen and oxygen atoms in total. The van der Waals surface area contributed by atoms with Gasteiger partial charge < -0.3 is 14.5 Å². The van der Waals surface area contributed by atoms with Crippen LogP contribution in [0.15, 0.2) is 0 Å². The van der Waals surface area contributed by atoms with E-state index in [9.17, 15) is 0 Å². The number of morpholine rings is 1. The van der Waals surface area contributed by atoms with Gasteiger partial charge in [0, 0.05) is 25.4 Å². The summed E-state index contributed by atoms with van der Waals surface area (Å²) in [4.78, 5) is 17.1. The van der Waals surface area contributed by atoms with Gasteiger partial charge in [-0.25, -0.2) is 0 Å². The molecule has 3 heterocycles. The fourth-order valence-corrected chi connectivity index (χ4v) is 3.04. The zero-order chi connectivity index (χ0) is 12.4. The van der Waals surface area contributed by atoms with Crippen LogP contribution < -0.4 is 9.80 Å². The van der Waals surface area contributed by atoms with Gasteiger partial charge in [0.2, 0.25) is 17.2 Å². The first-order valence-electron chi connectivity index (χ1n) is 5.90. The molecule has 0 N–H and O–H groups in total. The summed E-state index contributed by atoms with van der Waals surface area (Å²) in [7, 11) is 0. The summed E-state index contributed by atoms with van der Waals surface area (Å²) in [6.45, 7) is 3.98. The van der Waals surface area contributed by atoms with Gasteiger partial charge in [-0.2, -0.15) is 15.0 Å². The Labute approximate surface area is 115 Å². The van der Waals surface area contributed by atoms with Crippen LogP contribution >= 0.6 is 23.4 Å². The number of halogens is 1. The average Bonchev–Trinajstić information content (AvgIpc) is 2.93. The van der Waals surface area contributed by atoms with Crippen molar-refractivity contribution >= 4 is 35.3 Å². The second-order valence-electron chi connectivity index (χ2n) is 4.10. The third kappa shape index (κ3) is 2.62. The lowest BCUT2D eigenvalue weighted by Gasteiger charge is -2.27. The first-order chi connectivity index (χ1) is 8.83. The lowest BCUT2D eigenvalue weighted by atomic mass is 10.4. The van der Waals surface area contributed by atoms with Gasteiger partial charge in [0.05, 0.1) is 19.1 Å². The lowest BCUT2D eigenvalue weighted by Crippen LogP contribution is -2.37. The number of anilines is 2. The maximum absolute atomic E-state index is 5.99. The Kier molecular flexibility index (Phi) is 3.72. The highest BCUT2D eigenvalue weighted by atomic mass is 35.5. The summed E-state index contributed by atoms with van der Waals surface area (Å²) in [5, 5.41) is 0.262. The predicted octanol–water partition coefficient (Wildman–Crippen LogP) is 0.872. The summed E-state index contributed by atoms with van der Waals surface area (Å²) in [6, 6.07) is 0. The van der Waals surface area contributed by atoms with Crippen molar-refractivity contribution in [3.05, 3.63) is 5.28 Å². The van der Waals surface area contributed by atoms with E-state index >= 15 is 0 Å². The van der Waals surface area contributed by atoms with E-state index < -0.39 is 0 Å². The van der Waals surface area contributed by atoms with Crippen molar-refractivity contribution in [3.63, 3.8) is 0 Å². The number of ether oxygens (including phenoxy) is 1. The first-order valence-corrected chi connectivity index (χ1v) is 7.43. The van der Waals surface area contributed by atoms with Gasteiger partial charge in [-0.05, 0) is 11.6 Å². The van der Waals surface area contributed by atoms with E-state index in [0.29, 0.717) is 25.1 Å². The van der Waals surface area contributed by atoms with Gasteiger partial charge in [0.15, 0.2) is 0 Å². The topological polar surface area (TPSA) is 54.4 Å². The highest BCUT2D eigenvalue weighted by Gasteiger charge is 2.20. The summed E-state index contributed by atoms with van der Waals surface area (Å²) in [6.07, 6.45) is 0. The molecule has 0 unspecified atom stereocenters. The van der Waals surface area contributed by atoms with Gasteiger partial charge >= 0.3 is 0 Å². The molecule has 0 radical (unpaired) electrons. The second-order valence-corrected chi connectivity index (χ2v) is 5.52. The molecule has 2 fully saturated rings. The molecular formula is C10H14ClN5OS. The number of hydrogen-bond acceptors (Lipinski definition) is 7. The van der Waals surface area contributed by atoms with E-state index in [0.717, 1.165) is 31.3 Å². The van der Waals surface area contributed by atoms with Gasteiger partial charge in [0.1, 0.15) is 0 Å². The van der Waals surface area contributed by atoms with Crippen LogP contribution in [0.1, 0.15) is 0 Å². The molecule has 0 spiro atoms. The molecule has 0 amide bonds. The van der Waals surface area contributed by atoms with Crippen LogP contribution in [-0.4, -0.2) is 59.4 Å². The van der Waals surface area contributed by atoms with Crippen LogP contribution in [0.5, 0.6) is 0 Å². The molecule has 1 aromatic heterocycles. The molecule has 2 saturated heterocycles. The molecule has 0 aliphatic carbocycles. The maximum Gasteiger partial charge on any atom is 0.232 e. The molecule has 0 saturated carbocycles. The quantitative estimate of drug-likeness (QED) is 0.800. The fraction of sp³-hybridized carbons (Fsp3) is 0.700. The Balaban J connectivity index is 1.84. The largest absolute Gasteiger partial charge is 0.378 e. The third-order valence-electron chi connectivity index (χ3n) is 2.91. The molecule has 18 heavy (non-hydrogen) atoms. The van der Waals surface area contributed by atoms with E-state index in [1.54, 1.807) is 0 Å².